The minimum atomic E-state index is -0.185. The molecule has 2 aromatic carbocycles. The van der Waals surface area contributed by atoms with E-state index < -0.39 is 0 Å². The van der Waals surface area contributed by atoms with E-state index in [-0.39, 0.29) is 5.91 Å². The molecule has 0 spiro atoms. The van der Waals surface area contributed by atoms with Crippen molar-refractivity contribution in [2.45, 2.75) is 13.8 Å². The van der Waals surface area contributed by atoms with Crippen molar-refractivity contribution in [1.82, 2.24) is 15.0 Å². The summed E-state index contributed by atoms with van der Waals surface area (Å²) >= 11 is 0. The molecule has 0 saturated heterocycles. The summed E-state index contributed by atoms with van der Waals surface area (Å²) < 4.78 is 0. The second kappa shape index (κ2) is 7.04. The van der Waals surface area contributed by atoms with Crippen LogP contribution in [0.5, 0.6) is 0 Å². The minimum absolute atomic E-state index is 0.185. The third-order valence-electron chi connectivity index (χ3n) is 3.65. The summed E-state index contributed by atoms with van der Waals surface area (Å²) in [6.45, 7) is 3.46. The zero-order chi connectivity index (χ0) is 17.8. The van der Waals surface area contributed by atoms with E-state index in [4.69, 9.17) is 0 Å². The van der Waals surface area contributed by atoms with Crippen LogP contribution in [-0.2, 0) is 4.79 Å². The Kier molecular flexibility index (Phi) is 4.65. The third-order valence-corrected chi connectivity index (χ3v) is 3.65. The van der Waals surface area contributed by atoms with Crippen molar-refractivity contribution < 1.29 is 4.79 Å². The highest BCUT2D eigenvalue weighted by Crippen LogP contribution is 2.27. The number of hydrogen-bond acceptors (Lipinski definition) is 6. The van der Waals surface area contributed by atoms with Gasteiger partial charge in [-0.1, -0.05) is 17.4 Å². The number of carbonyl (C=O) groups excluding carboxylic acids is 1. The summed E-state index contributed by atoms with van der Waals surface area (Å²) in [5, 5.41) is 13.3. The third kappa shape index (κ3) is 3.95. The number of carbonyl (C=O) groups is 1. The van der Waals surface area contributed by atoms with E-state index in [0.29, 0.717) is 11.5 Å². The SMILES string of the molecule is CC(=O)N(C)N=Nc1ccc2ncnc(Nc3cccc(C)c3)c2c1. The maximum atomic E-state index is 11.2. The molecule has 25 heavy (non-hydrogen) atoms. The van der Waals surface area contributed by atoms with Crippen LogP contribution in [0.2, 0.25) is 0 Å². The largest absolute Gasteiger partial charge is 0.340 e. The summed E-state index contributed by atoms with van der Waals surface area (Å²) in [7, 11) is 1.56. The molecule has 1 N–H and O–H groups in total. The van der Waals surface area contributed by atoms with E-state index in [2.05, 4.69) is 25.6 Å². The van der Waals surface area contributed by atoms with Gasteiger partial charge in [-0.25, -0.2) is 15.0 Å². The van der Waals surface area contributed by atoms with Crippen LogP contribution < -0.4 is 5.32 Å². The molecule has 0 saturated carbocycles. The number of fused-ring (bicyclic) bond motifs is 1. The van der Waals surface area contributed by atoms with E-state index in [1.807, 2.05) is 43.3 Å². The lowest BCUT2D eigenvalue weighted by Crippen LogP contribution is -2.15. The number of amides is 1. The van der Waals surface area contributed by atoms with Crippen LogP contribution in [0.15, 0.2) is 59.1 Å². The number of aromatic nitrogens is 2. The Hall–Kier alpha value is -3.35. The Morgan fingerprint density at radius 2 is 2.00 bits per heavy atom. The van der Waals surface area contributed by atoms with E-state index in [1.54, 1.807) is 13.1 Å². The number of benzene rings is 2. The lowest BCUT2D eigenvalue weighted by Gasteiger charge is -2.09. The molecule has 0 fully saturated rings. The average molecular weight is 334 g/mol. The molecule has 7 nitrogen and oxygen atoms in total. The highest BCUT2D eigenvalue weighted by atomic mass is 16.2. The smallest absolute Gasteiger partial charge is 0.240 e. The Morgan fingerprint density at radius 3 is 2.76 bits per heavy atom. The predicted molar refractivity (Wildman–Crippen MR) is 97.0 cm³/mol. The maximum Gasteiger partial charge on any atom is 0.240 e. The maximum absolute atomic E-state index is 11.2. The van der Waals surface area contributed by atoms with Crippen LogP contribution in [0.3, 0.4) is 0 Å². The van der Waals surface area contributed by atoms with E-state index in [9.17, 15) is 4.79 Å². The van der Waals surface area contributed by atoms with Crippen LogP contribution >= 0.6 is 0 Å². The highest BCUT2D eigenvalue weighted by molar-refractivity contribution is 5.92. The highest BCUT2D eigenvalue weighted by Gasteiger charge is 2.06. The van der Waals surface area contributed by atoms with Crippen molar-refractivity contribution in [3.63, 3.8) is 0 Å². The Morgan fingerprint density at radius 1 is 1.16 bits per heavy atom. The van der Waals surface area contributed by atoms with Gasteiger partial charge in [0.1, 0.15) is 12.1 Å². The van der Waals surface area contributed by atoms with Gasteiger partial charge in [0.05, 0.1) is 11.2 Å². The summed E-state index contributed by atoms with van der Waals surface area (Å²) in [4.78, 5) is 19.8. The molecular weight excluding hydrogens is 316 g/mol. The van der Waals surface area contributed by atoms with Crippen LogP contribution in [0.1, 0.15) is 12.5 Å². The summed E-state index contributed by atoms with van der Waals surface area (Å²) in [6, 6.07) is 13.5. The van der Waals surface area contributed by atoms with Gasteiger partial charge in [-0.3, -0.25) is 4.79 Å². The first-order valence-corrected chi connectivity index (χ1v) is 7.77. The predicted octanol–water partition coefficient (Wildman–Crippen LogP) is 4.16. The normalized spacial score (nSPS) is 11.0. The number of hydrogen-bond donors (Lipinski definition) is 1. The van der Waals surface area contributed by atoms with Crippen LogP contribution in [0.25, 0.3) is 10.9 Å². The molecule has 3 aromatic rings. The van der Waals surface area contributed by atoms with Crippen LogP contribution in [0, 0.1) is 6.92 Å². The average Bonchev–Trinajstić information content (AvgIpc) is 2.60. The topological polar surface area (TPSA) is 82.8 Å². The first-order chi connectivity index (χ1) is 12.0. The van der Waals surface area contributed by atoms with Crippen LogP contribution in [-0.4, -0.2) is 27.9 Å². The summed E-state index contributed by atoms with van der Waals surface area (Å²) in [6.07, 6.45) is 1.52. The molecule has 0 atom stereocenters. The van der Waals surface area contributed by atoms with Crippen molar-refractivity contribution in [1.29, 1.82) is 0 Å². The number of nitrogens with one attached hydrogen (secondary N) is 1. The summed E-state index contributed by atoms with van der Waals surface area (Å²) in [5.74, 6) is 0.502. The molecular formula is C18H18N6O. The first kappa shape index (κ1) is 16.5. The fourth-order valence-electron chi connectivity index (χ4n) is 2.25. The molecule has 1 aromatic heterocycles. The molecule has 3 rings (SSSR count). The van der Waals surface area contributed by atoms with Gasteiger partial charge in [-0.05, 0) is 42.8 Å². The molecule has 0 aliphatic heterocycles. The molecule has 1 heterocycles. The van der Waals surface area contributed by atoms with Gasteiger partial charge in [-0.2, -0.15) is 0 Å². The Bertz CT molecular complexity index is 953. The van der Waals surface area contributed by atoms with Gasteiger partial charge >= 0.3 is 0 Å². The van der Waals surface area contributed by atoms with Crippen molar-refractivity contribution >= 4 is 34.0 Å². The number of anilines is 2. The van der Waals surface area contributed by atoms with Gasteiger partial charge in [-0.15, -0.1) is 5.11 Å². The fraction of sp³-hybridized carbons (Fsp3) is 0.167. The molecule has 7 heteroatoms. The van der Waals surface area contributed by atoms with E-state index in [0.717, 1.165) is 22.2 Å². The molecule has 1 amide bonds. The van der Waals surface area contributed by atoms with Crippen LogP contribution in [0.4, 0.5) is 17.2 Å². The van der Waals surface area contributed by atoms with Gasteiger partial charge in [0.15, 0.2) is 0 Å². The Balaban J connectivity index is 1.96. The molecule has 0 radical (unpaired) electrons. The summed E-state index contributed by atoms with van der Waals surface area (Å²) in [5.41, 5.74) is 3.51. The van der Waals surface area contributed by atoms with Crippen molar-refractivity contribution in [3.05, 3.63) is 54.4 Å². The Labute approximate surface area is 145 Å². The lowest BCUT2D eigenvalue weighted by molar-refractivity contribution is -0.127. The molecule has 0 aliphatic rings. The molecule has 0 bridgehead atoms. The number of aryl methyl sites for hydroxylation is 1. The van der Waals surface area contributed by atoms with Gasteiger partial charge < -0.3 is 5.32 Å². The van der Waals surface area contributed by atoms with Crippen molar-refractivity contribution in [3.8, 4) is 0 Å². The number of rotatable bonds is 4. The fourth-order valence-corrected chi connectivity index (χ4v) is 2.25. The first-order valence-electron chi connectivity index (χ1n) is 7.77. The lowest BCUT2D eigenvalue weighted by atomic mass is 10.2. The number of nitrogens with zero attached hydrogens (tertiary/aromatic N) is 5. The second-order valence-electron chi connectivity index (χ2n) is 5.65. The van der Waals surface area contributed by atoms with E-state index >= 15 is 0 Å². The van der Waals surface area contributed by atoms with Gasteiger partial charge in [0.25, 0.3) is 0 Å². The standard InChI is InChI=1S/C18H18N6O/c1-12-5-4-6-14(9-12)21-18-16-10-15(22-23-24(3)13(2)25)7-8-17(16)19-11-20-18/h4-11H,1-3H3,(H,19,20,21). The molecule has 126 valence electrons. The van der Waals surface area contributed by atoms with Crippen molar-refractivity contribution in [2.24, 2.45) is 10.3 Å². The van der Waals surface area contributed by atoms with Gasteiger partial charge in [0, 0.05) is 25.0 Å². The van der Waals surface area contributed by atoms with Crippen molar-refractivity contribution in [2.75, 3.05) is 12.4 Å². The minimum Gasteiger partial charge on any atom is -0.340 e. The monoisotopic (exact) mass is 334 g/mol. The zero-order valence-electron chi connectivity index (χ0n) is 14.3. The van der Waals surface area contributed by atoms with Gasteiger partial charge in [0.2, 0.25) is 5.91 Å². The zero-order valence-corrected chi connectivity index (χ0v) is 14.3. The quantitative estimate of drug-likeness (QED) is 0.573. The van der Waals surface area contributed by atoms with E-state index in [1.165, 1.54) is 18.3 Å². The molecule has 0 unspecified atom stereocenters. The second-order valence-corrected chi connectivity index (χ2v) is 5.65. The molecule has 0 aliphatic carbocycles.